The van der Waals surface area contributed by atoms with Crippen LogP contribution in [0, 0.1) is 5.41 Å². The van der Waals surface area contributed by atoms with Gasteiger partial charge in [0.15, 0.2) is 0 Å². The normalized spacial score (nSPS) is 23.6. The van der Waals surface area contributed by atoms with Crippen LogP contribution in [0.15, 0.2) is 0 Å². The van der Waals surface area contributed by atoms with Crippen molar-refractivity contribution in [2.24, 2.45) is 5.41 Å². The third-order valence-electron chi connectivity index (χ3n) is 2.77. The number of esters is 1. The first-order valence-electron chi connectivity index (χ1n) is 4.32. The predicted molar refractivity (Wildman–Crippen MR) is 48.2 cm³/mol. The van der Waals surface area contributed by atoms with Crippen LogP contribution in [0.3, 0.4) is 0 Å². The van der Waals surface area contributed by atoms with E-state index in [1.54, 1.807) is 0 Å². The Hall–Kier alpha value is -0.240. The van der Waals surface area contributed by atoms with E-state index in [4.69, 9.17) is 11.6 Å². The Labute approximate surface area is 78.2 Å². The second kappa shape index (κ2) is 3.65. The predicted octanol–water partition coefficient (Wildman–Crippen LogP) is 2.35. The van der Waals surface area contributed by atoms with E-state index in [-0.39, 0.29) is 11.4 Å². The lowest BCUT2D eigenvalue weighted by Gasteiger charge is -2.26. The van der Waals surface area contributed by atoms with Gasteiger partial charge in [-0.2, -0.15) is 0 Å². The fourth-order valence-corrected chi connectivity index (χ4v) is 2.13. The van der Waals surface area contributed by atoms with Crippen LogP contribution >= 0.6 is 11.6 Å². The van der Waals surface area contributed by atoms with Gasteiger partial charge >= 0.3 is 5.97 Å². The molecule has 0 saturated heterocycles. The lowest BCUT2D eigenvalue weighted by molar-refractivity contribution is -0.142. The van der Waals surface area contributed by atoms with E-state index in [0.717, 1.165) is 12.8 Å². The molecule has 3 heteroatoms. The summed E-state index contributed by atoms with van der Waals surface area (Å²) in [5.74, 6) is -0.291. The Bertz CT molecular complexity index is 173. The first-order valence-corrected chi connectivity index (χ1v) is 4.76. The Morgan fingerprint density at radius 2 is 2.00 bits per heavy atom. The monoisotopic (exact) mass is 190 g/mol. The number of rotatable bonds is 2. The molecule has 0 N–H and O–H groups in total. The summed E-state index contributed by atoms with van der Waals surface area (Å²) in [6, 6.07) is 0. The van der Waals surface area contributed by atoms with Gasteiger partial charge in [0.05, 0.1) is 7.11 Å². The first-order chi connectivity index (χ1) is 5.60. The number of hydrogen-bond acceptors (Lipinski definition) is 2. The van der Waals surface area contributed by atoms with Crippen LogP contribution in [-0.2, 0) is 9.53 Å². The quantitative estimate of drug-likeness (QED) is 0.494. The minimum atomic E-state index is -0.468. The Morgan fingerprint density at radius 1 is 1.50 bits per heavy atom. The molecular weight excluding hydrogens is 176 g/mol. The highest BCUT2D eigenvalue weighted by Crippen LogP contribution is 2.43. The van der Waals surface area contributed by atoms with Gasteiger partial charge in [0.2, 0.25) is 0 Å². The van der Waals surface area contributed by atoms with Crippen molar-refractivity contribution in [1.82, 2.24) is 0 Å². The van der Waals surface area contributed by atoms with Crippen molar-refractivity contribution in [2.45, 2.75) is 38.0 Å². The number of hydrogen-bond donors (Lipinski definition) is 0. The van der Waals surface area contributed by atoms with Crippen molar-refractivity contribution >= 4 is 17.6 Å². The number of methoxy groups -OCH3 is 1. The first kappa shape index (κ1) is 9.85. The molecule has 70 valence electrons. The zero-order valence-corrected chi connectivity index (χ0v) is 8.36. The van der Waals surface area contributed by atoms with Crippen molar-refractivity contribution in [3.63, 3.8) is 0 Å². The molecule has 1 aliphatic rings. The van der Waals surface area contributed by atoms with Gasteiger partial charge in [0.1, 0.15) is 5.38 Å². The number of carbonyl (C=O) groups is 1. The lowest BCUT2D eigenvalue weighted by Crippen LogP contribution is -2.32. The summed E-state index contributed by atoms with van der Waals surface area (Å²) in [5.41, 5.74) is -0.0331. The number of halogens is 1. The summed E-state index contributed by atoms with van der Waals surface area (Å²) in [6.07, 6.45) is 4.43. The highest BCUT2D eigenvalue weighted by Gasteiger charge is 2.40. The SMILES string of the molecule is COC(=O)C(Cl)C1(C)CCCC1. The highest BCUT2D eigenvalue weighted by molar-refractivity contribution is 6.30. The number of ether oxygens (including phenoxy) is 1. The average molecular weight is 191 g/mol. The lowest BCUT2D eigenvalue weighted by atomic mass is 9.85. The van der Waals surface area contributed by atoms with Gasteiger partial charge in [-0.3, -0.25) is 4.79 Å². The molecule has 1 fully saturated rings. The van der Waals surface area contributed by atoms with Gasteiger partial charge in [-0.15, -0.1) is 11.6 Å². The van der Waals surface area contributed by atoms with Crippen molar-refractivity contribution in [3.8, 4) is 0 Å². The summed E-state index contributed by atoms with van der Waals surface area (Å²) < 4.78 is 4.62. The van der Waals surface area contributed by atoms with Crippen LogP contribution in [0.2, 0.25) is 0 Å². The smallest absolute Gasteiger partial charge is 0.324 e. The molecule has 2 nitrogen and oxygen atoms in total. The van der Waals surface area contributed by atoms with Crippen molar-refractivity contribution in [2.75, 3.05) is 7.11 Å². The molecule has 0 aliphatic heterocycles. The van der Waals surface area contributed by atoms with Crippen LogP contribution in [-0.4, -0.2) is 18.5 Å². The van der Waals surface area contributed by atoms with Crippen molar-refractivity contribution in [1.29, 1.82) is 0 Å². The summed E-state index contributed by atoms with van der Waals surface area (Å²) >= 11 is 6.00. The standard InChI is InChI=1S/C9H15ClO2/c1-9(5-3-4-6-9)7(10)8(11)12-2/h7H,3-6H2,1-2H3. The van der Waals surface area contributed by atoms with E-state index >= 15 is 0 Å². The summed E-state index contributed by atoms with van der Waals surface area (Å²) in [7, 11) is 1.38. The molecule has 0 radical (unpaired) electrons. The van der Waals surface area contributed by atoms with E-state index in [0.29, 0.717) is 0 Å². The minimum absolute atomic E-state index is 0.0331. The maximum Gasteiger partial charge on any atom is 0.324 e. The largest absolute Gasteiger partial charge is 0.468 e. The summed E-state index contributed by atoms with van der Waals surface area (Å²) in [5, 5.41) is -0.468. The maximum absolute atomic E-state index is 11.1. The molecule has 0 amide bonds. The zero-order chi connectivity index (χ0) is 9.19. The Balaban J connectivity index is 2.61. The van der Waals surface area contributed by atoms with Gasteiger partial charge in [-0.25, -0.2) is 0 Å². The summed E-state index contributed by atoms with van der Waals surface area (Å²) in [6.45, 7) is 2.06. The topological polar surface area (TPSA) is 26.3 Å². The molecule has 0 spiro atoms. The van der Waals surface area contributed by atoms with E-state index in [1.807, 2.05) is 0 Å². The molecule has 0 aromatic carbocycles. The Morgan fingerprint density at radius 3 is 2.42 bits per heavy atom. The molecule has 0 aromatic heterocycles. The van der Waals surface area contributed by atoms with E-state index in [9.17, 15) is 4.79 Å². The number of carbonyl (C=O) groups excluding carboxylic acids is 1. The molecule has 1 rings (SSSR count). The molecule has 0 bridgehead atoms. The van der Waals surface area contributed by atoms with Gasteiger partial charge in [0, 0.05) is 0 Å². The van der Waals surface area contributed by atoms with Crippen LogP contribution < -0.4 is 0 Å². The molecule has 1 aliphatic carbocycles. The molecular formula is C9H15ClO2. The highest BCUT2D eigenvalue weighted by atomic mass is 35.5. The van der Waals surface area contributed by atoms with Crippen molar-refractivity contribution in [3.05, 3.63) is 0 Å². The van der Waals surface area contributed by atoms with E-state index < -0.39 is 5.38 Å². The average Bonchev–Trinajstić information content (AvgIpc) is 2.50. The van der Waals surface area contributed by atoms with Crippen LogP contribution in [0.25, 0.3) is 0 Å². The molecule has 0 heterocycles. The second-order valence-corrected chi connectivity index (χ2v) is 4.18. The summed E-state index contributed by atoms with van der Waals surface area (Å²) in [4.78, 5) is 11.1. The second-order valence-electron chi connectivity index (χ2n) is 3.75. The molecule has 1 saturated carbocycles. The van der Waals surface area contributed by atoms with Gasteiger partial charge in [-0.1, -0.05) is 19.8 Å². The van der Waals surface area contributed by atoms with Gasteiger partial charge in [0.25, 0.3) is 0 Å². The third kappa shape index (κ3) is 1.74. The van der Waals surface area contributed by atoms with E-state index in [2.05, 4.69) is 11.7 Å². The number of alkyl halides is 1. The van der Waals surface area contributed by atoms with E-state index in [1.165, 1.54) is 20.0 Å². The fraction of sp³-hybridized carbons (Fsp3) is 0.889. The fourth-order valence-electron chi connectivity index (χ4n) is 1.82. The maximum atomic E-state index is 11.1. The molecule has 12 heavy (non-hydrogen) atoms. The van der Waals surface area contributed by atoms with Gasteiger partial charge < -0.3 is 4.74 Å². The van der Waals surface area contributed by atoms with Crippen molar-refractivity contribution < 1.29 is 9.53 Å². The van der Waals surface area contributed by atoms with Crippen LogP contribution in [0.4, 0.5) is 0 Å². The van der Waals surface area contributed by atoms with Crippen LogP contribution in [0.1, 0.15) is 32.6 Å². The minimum Gasteiger partial charge on any atom is -0.468 e. The molecule has 1 unspecified atom stereocenters. The third-order valence-corrected chi connectivity index (χ3v) is 3.47. The molecule has 1 atom stereocenters. The zero-order valence-electron chi connectivity index (χ0n) is 7.60. The molecule has 0 aromatic rings. The van der Waals surface area contributed by atoms with Crippen LogP contribution in [0.5, 0.6) is 0 Å². The van der Waals surface area contributed by atoms with Gasteiger partial charge in [-0.05, 0) is 18.3 Å². The Kier molecular flexibility index (Phi) is 2.99.